The number of furan rings is 1. The lowest BCUT2D eigenvalue weighted by Gasteiger charge is -2.31. The van der Waals surface area contributed by atoms with Crippen LogP contribution in [0, 0.1) is 6.92 Å². The van der Waals surface area contributed by atoms with Crippen LogP contribution < -0.4 is 10.1 Å². The number of carbonyl (C=O) groups excluding carboxylic acids is 2. The lowest BCUT2D eigenvalue weighted by Crippen LogP contribution is -2.46. The molecule has 3 aromatic rings. The van der Waals surface area contributed by atoms with E-state index in [-0.39, 0.29) is 17.9 Å². The Morgan fingerprint density at radius 1 is 1.06 bits per heavy atom. The number of nitrogens with one attached hydrogen (secondary N) is 1. The van der Waals surface area contributed by atoms with Crippen LogP contribution in [0.5, 0.6) is 5.75 Å². The Kier molecular flexibility index (Phi) is 6.36. The van der Waals surface area contributed by atoms with Crippen molar-refractivity contribution in [3.63, 3.8) is 0 Å². The van der Waals surface area contributed by atoms with E-state index in [1.165, 1.54) is 11.8 Å². The molecule has 0 saturated carbocycles. The van der Waals surface area contributed by atoms with E-state index in [4.69, 9.17) is 9.15 Å². The first-order valence-corrected chi connectivity index (χ1v) is 10.5. The summed E-state index contributed by atoms with van der Waals surface area (Å²) in [4.78, 5) is 26.9. The van der Waals surface area contributed by atoms with Crippen LogP contribution in [0.25, 0.3) is 0 Å². The van der Waals surface area contributed by atoms with Crippen LogP contribution in [0.1, 0.15) is 44.9 Å². The standard InChI is InChI=1S/C25H26N2O4/c1-18-5-2-6-19(15-18)17-31-22-8-3-7-20(16-22)24(28)26-21-10-12-27(13-11-21)25(29)23-9-4-14-30-23/h2-9,14-16,21H,10-13,17H2,1H3,(H,26,28). The van der Waals surface area contributed by atoms with Crippen LogP contribution in [-0.4, -0.2) is 35.8 Å². The first-order valence-electron chi connectivity index (χ1n) is 10.5. The Bertz CT molecular complexity index is 1040. The van der Waals surface area contributed by atoms with Gasteiger partial charge in [0.2, 0.25) is 0 Å². The minimum atomic E-state index is -0.128. The molecular formula is C25H26N2O4. The summed E-state index contributed by atoms with van der Waals surface area (Å²) in [5, 5.41) is 3.08. The van der Waals surface area contributed by atoms with E-state index < -0.39 is 0 Å². The van der Waals surface area contributed by atoms with Gasteiger partial charge in [-0.15, -0.1) is 0 Å². The Balaban J connectivity index is 1.29. The average Bonchev–Trinajstić information content (AvgIpc) is 3.33. The van der Waals surface area contributed by atoms with Crippen molar-refractivity contribution in [3.05, 3.63) is 89.4 Å². The Morgan fingerprint density at radius 3 is 2.61 bits per heavy atom. The molecule has 160 valence electrons. The summed E-state index contributed by atoms with van der Waals surface area (Å²) < 4.78 is 11.1. The quantitative estimate of drug-likeness (QED) is 0.651. The highest BCUT2D eigenvalue weighted by atomic mass is 16.5. The summed E-state index contributed by atoms with van der Waals surface area (Å²) >= 11 is 0. The Morgan fingerprint density at radius 2 is 1.87 bits per heavy atom. The predicted molar refractivity (Wildman–Crippen MR) is 117 cm³/mol. The summed E-state index contributed by atoms with van der Waals surface area (Å²) in [5.41, 5.74) is 2.84. The van der Waals surface area contributed by atoms with Gasteiger partial charge in [0.05, 0.1) is 6.26 Å². The van der Waals surface area contributed by atoms with Crippen molar-refractivity contribution >= 4 is 11.8 Å². The molecule has 1 aromatic heterocycles. The van der Waals surface area contributed by atoms with E-state index in [0.717, 1.165) is 5.56 Å². The number of piperidine rings is 1. The molecule has 0 unspecified atom stereocenters. The molecule has 1 aliphatic rings. The zero-order valence-electron chi connectivity index (χ0n) is 17.5. The maximum Gasteiger partial charge on any atom is 0.289 e. The van der Waals surface area contributed by atoms with Crippen LogP contribution in [-0.2, 0) is 6.61 Å². The van der Waals surface area contributed by atoms with Gasteiger partial charge in [-0.2, -0.15) is 0 Å². The highest BCUT2D eigenvalue weighted by molar-refractivity contribution is 5.95. The molecule has 1 fully saturated rings. The number of hydrogen-bond acceptors (Lipinski definition) is 4. The topological polar surface area (TPSA) is 71.8 Å². The summed E-state index contributed by atoms with van der Waals surface area (Å²) in [6, 6.07) is 18.8. The van der Waals surface area contributed by atoms with Crippen LogP contribution in [0.2, 0.25) is 0 Å². The summed E-state index contributed by atoms with van der Waals surface area (Å²) in [7, 11) is 0. The van der Waals surface area contributed by atoms with Gasteiger partial charge in [0.1, 0.15) is 12.4 Å². The van der Waals surface area contributed by atoms with Gasteiger partial charge >= 0.3 is 0 Å². The molecule has 6 nitrogen and oxygen atoms in total. The molecule has 6 heteroatoms. The number of ether oxygens (including phenoxy) is 1. The molecule has 2 heterocycles. The van der Waals surface area contributed by atoms with Gasteiger partial charge in [0.15, 0.2) is 5.76 Å². The van der Waals surface area contributed by atoms with E-state index in [0.29, 0.717) is 49.6 Å². The van der Waals surface area contributed by atoms with Crippen LogP contribution in [0.15, 0.2) is 71.3 Å². The molecule has 0 aliphatic carbocycles. The van der Waals surface area contributed by atoms with Crippen molar-refractivity contribution in [2.24, 2.45) is 0 Å². The largest absolute Gasteiger partial charge is 0.489 e. The van der Waals surface area contributed by atoms with E-state index in [2.05, 4.69) is 11.4 Å². The van der Waals surface area contributed by atoms with Gasteiger partial charge in [-0.1, -0.05) is 35.9 Å². The average molecular weight is 418 g/mol. The van der Waals surface area contributed by atoms with Crippen LogP contribution in [0.3, 0.4) is 0 Å². The SMILES string of the molecule is Cc1cccc(COc2cccc(C(=O)NC3CCN(C(=O)c4ccco4)CC3)c2)c1. The van der Waals surface area contributed by atoms with E-state index in [1.54, 1.807) is 29.2 Å². The van der Waals surface area contributed by atoms with Gasteiger partial charge in [-0.3, -0.25) is 9.59 Å². The van der Waals surface area contributed by atoms with E-state index in [9.17, 15) is 9.59 Å². The molecule has 31 heavy (non-hydrogen) atoms. The minimum Gasteiger partial charge on any atom is -0.489 e. The molecular weight excluding hydrogens is 392 g/mol. The van der Waals surface area contributed by atoms with Crippen molar-refractivity contribution in [2.75, 3.05) is 13.1 Å². The molecule has 4 rings (SSSR count). The van der Waals surface area contributed by atoms with Crippen molar-refractivity contribution in [1.29, 1.82) is 0 Å². The number of nitrogens with zero attached hydrogens (tertiary/aromatic N) is 1. The molecule has 2 amide bonds. The molecule has 0 bridgehead atoms. The van der Waals surface area contributed by atoms with E-state index >= 15 is 0 Å². The van der Waals surface area contributed by atoms with E-state index in [1.807, 2.05) is 37.3 Å². The fourth-order valence-electron chi connectivity index (χ4n) is 3.75. The van der Waals surface area contributed by atoms with Crippen LogP contribution in [0.4, 0.5) is 0 Å². The van der Waals surface area contributed by atoms with Gasteiger partial charge in [0, 0.05) is 24.7 Å². The molecule has 2 aromatic carbocycles. The fourth-order valence-corrected chi connectivity index (χ4v) is 3.75. The third kappa shape index (κ3) is 5.34. The summed E-state index contributed by atoms with van der Waals surface area (Å²) in [6.07, 6.45) is 2.92. The first kappa shape index (κ1) is 20.7. The molecule has 0 radical (unpaired) electrons. The maximum absolute atomic E-state index is 12.7. The van der Waals surface area contributed by atoms with Crippen LogP contribution >= 0.6 is 0 Å². The molecule has 0 atom stereocenters. The van der Waals surface area contributed by atoms with Crippen molar-refractivity contribution in [3.8, 4) is 5.75 Å². The van der Waals surface area contributed by atoms with Gasteiger partial charge in [-0.05, 0) is 55.7 Å². The highest BCUT2D eigenvalue weighted by Crippen LogP contribution is 2.18. The van der Waals surface area contributed by atoms with Gasteiger partial charge in [-0.25, -0.2) is 0 Å². The number of hydrogen-bond donors (Lipinski definition) is 1. The zero-order chi connectivity index (χ0) is 21.6. The second kappa shape index (κ2) is 9.51. The number of rotatable bonds is 6. The van der Waals surface area contributed by atoms with Crippen molar-refractivity contribution in [2.45, 2.75) is 32.4 Å². The zero-order valence-corrected chi connectivity index (χ0v) is 17.5. The lowest BCUT2D eigenvalue weighted by molar-refractivity contribution is 0.0667. The number of carbonyl (C=O) groups is 2. The highest BCUT2D eigenvalue weighted by Gasteiger charge is 2.26. The van der Waals surface area contributed by atoms with Crippen molar-refractivity contribution in [1.82, 2.24) is 10.2 Å². The fraction of sp³-hybridized carbons (Fsp3) is 0.280. The smallest absolute Gasteiger partial charge is 0.289 e. The number of benzene rings is 2. The monoisotopic (exact) mass is 418 g/mol. The molecule has 1 N–H and O–H groups in total. The number of likely N-dealkylation sites (tertiary alicyclic amines) is 1. The third-order valence-electron chi connectivity index (χ3n) is 5.43. The normalized spacial score (nSPS) is 14.3. The van der Waals surface area contributed by atoms with Crippen molar-refractivity contribution < 1.29 is 18.7 Å². The molecule has 1 saturated heterocycles. The Hall–Kier alpha value is -3.54. The Labute approximate surface area is 181 Å². The molecule has 1 aliphatic heterocycles. The second-order valence-electron chi connectivity index (χ2n) is 7.82. The predicted octanol–water partition coefficient (Wildman–Crippen LogP) is 4.20. The second-order valence-corrected chi connectivity index (χ2v) is 7.82. The van der Waals surface area contributed by atoms with Gasteiger partial charge < -0.3 is 19.4 Å². The number of amides is 2. The minimum absolute atomic E-state index is 0.0324. The summed E-state index contributed by atoms with van der Waals surface area (Å²) in [5.74, 6) is 0.781. The lowest BCUT2D eigenvalue weighted by atomic mass is 10.0. The number of aryl methyl sites for hydroxylation is 1. The third-order valence-corrected chi connectivity index (χ3v) is 5.43. The first-order chi connectivity index (χ1) is 15.1. The molecule has 0 spiro atoms. The maximum atomic E-state index is 12.7. The summed E-state index contributed by atoms with van der Waals surface area (Å²) in [6.45, 7) is 3.68. The van der Waals surface area contributed by atoms with Gasteiger partial charge in [0.25, 0.3) is 11.8 Å².